The van der Waals surface area contributed by atoms with Gasteiger partial charge in [0.05, 0.1) is 5.69 Å². The fourth-order valence-corrected chi connectivity index (χ4v) is 3.53. The lowest BCUT2D eigenvalue weighted by Gasteiger charge is -2.27. The summed E-state index contributed by atoms with van der Waals surface area (Å²) in [5, 5.41) is 7.27. The van der Waals surface area contributed by atoms with E-state index >= 15 is 0 Å². The van der Waals surface area contributed by atoms with E-state index in [1.165, 1.54) is 0 Å². The minimum absolute atomic E-state index is 0.0472. The summed E-state index contributed by atoms with van der Waals surface area (Å²) in [5.41, 5.74) is 3.73. The first kappa shape index (κ1) is 18.9. The quantitative estimate of drug-likeness (QED) is 0.725. The van der Waals surface area contributed by atoms with Gasteiger partial charge in [0.25, 0.3) is 0 Å². The molecule has 0 spiro atoms. The van der Waals surface area contributed by atoms with Crippen LogP contribution in [0.5, 0.6) is 0 Å². The predicted molar refractivity (Wildman–Crippen MR) is 111 cm³/mol. The van der Waals surface area contributed by atoms with Crippen LogP contribution < -0.4 is 10.2 Å². The zero-order valence-corrected chi connectivity index (χ0v) is 16.3. The number of nitrogens with zero attached hydrogens (tertiary/aromatic N) is 4. The van der Waals surface area contributed by atoms with Crippen molar-refractivity contribution in [3.8, 4) is 11.1 Å². The number of aryl methyl sites for hydroxylation is 2. The van der Waals surface area contributed by atoms with E-state index in [2.05, 4.69) is 15.4 Å². The van der Waals surface area contributed by atoms with E-state index in [0.29, 0.717) is 12.2 Å². The highest BCUT2D eigenvalue weighted by Crippen LogP contribution is 2.23. The molecule has 2 amide bonds. The monoisotopic (exact) mass is 389 g/mol. The van der Waals surface area contributed by atoms with Crippen LogP contribution in [0.2, 0.25) is 0 Å². The van der Waals surface area contributed by atoms with Gasteiger partial charge in [0.15, 0.2) is 0 Å². The third kappa shape index (κ3) is 4.34. The van der Waals surface area contributed by atoms with Crippen molar-refractivity contribution in [1.82, 2.24) is 14.8 Å². The van der Waals surface area contributed by atoms with Crippen molar-refractivity contribution in [3.63, 3.8) is 0 Å². The lowest BCUT2D eigenvalue weighted by Crippen LogP contribution is -2.37. The summed E-state index contributed by atoms with van der Waals surface area (Å²) in [4.78, 5) is 30.7. The Bertz CT molecular complexity index is 1010. The van der Waals surface area contributed by atoms with Gasteiger partial charge in [-0.3, -0.25) is 19.5 Å². The van der Waals surface area contributed by atoms with Crippen LogP contribution in [0.25, 0.3) is 11.1 Å². The smallest absolute Gasteiger partial charge is 0.228 e. The summed E-state index contributed by atoms with van der Waals surface area (Å²) in [7, 11) is 0. The van der Waals surface area contributed by atoms with Gasteiger partial charge in [-0.15, -0.1) is 0 Å². The fourth-order valence-electron chi connectivity index (χ4n) is 3.53. The molecule has 1 N–H and O–H groups in total. The van der Waals surface area contributed by atoms with E-state index in [1.807, 2.05) is 54.1 Å². The van der Waals surface area contributed by atoms with Crippen molar-refractivity contribution in [2.24, 2.45) is 0 Å². The van der Waals surface area contributed by atoms with Crippen molar-refractivity contribution in [2.45, 2.75) is 32.7 Å². The normalized spacial score (nSPS) is 13.1. The molecule has 1 aromatic carbocycles. The molecule has 0 unspecified atom stereocenters. The molecule has 0 bridgehead atoms. The molecule has 4 rings (SSSR count). The second-order valence-corrected chi connectivity index (χ2v) is 7.13. The Balaban J connectivity index is 1.32. The van der Waals surface area contributed by atoms with Crippen molar-refractivity contribution >= 4 is 23.3 Å². The largest absolute Gasteiger partial charge is 0.326 e. The Morgan fingerprint density at radius 3 is 2.48 bits per heavy atom. The molecule has 29 heavy (non-hydrogen) atoms. The number of nitrogens with one attached hydrogen (secondary N) is 1. The van der Waals surface area contributed by atoms with E-state index < -0.39 is 0 Å². The summed E-state index contributed by atoms with van der Waals surface area (Å²) in [6.07, 6.45) is 4.69. The Kier molecular flexibility index (Phi) is 5.37. The van der Waals surface area contributed by atoms with Crippen LogP contribution >= 0.6 is 0 Å². The SMILES string of the molecule is Cc1cc2n(n1)CCCN2C(=O)CCC(=O)Nc1ccc(-c2ccncc2)cc1. The molecule has 3 heterocycles. The van der Waals surface area contributed by atoms with E-state index in [1.54, 1.807) is 17.3 Å². The van der Waals surface area contributed by atoms with Gasteiger partial charge < -0.3 is 5.32 Å². The molecule has 3 aromatic rings. The predicted octanol–water partition coefficient (Wildman–Crippen LogP) is 3.41. The van der Waals surface area contributed by atoms with Crippen LogP contribution in [0.4, 0.5) is 11.5 Å². The highest BCUT2D eigenvalue weighted by Gasteiger charge is 2.24. The molecular formula is C22H23N5O2. The number of hydrogen-bond donors (Lipinski definition) is 1. The topological polar surface area (TPSA) is 80.1 Å². The number of carbonyl (C=O) groups is 2. The number of benzene rings is 1. The summed E-state index contributed by atoms with van der Waals surface area (Å²) < 4.78 is 1.86. The Morgan fingerprint density at radius 2 is 1.72 bits per heavy atom. The van der Waals surface area contributed by atoms with E-state index in [-0.39, 0.29) is 24.7 Å². The van der Waals surface area contributed by atoms with Gasteiger partial charge in [-0.2, -0.15) is 5.10 Å². The molecule has 7 heteroatoms. The van der Waals surface area contributed by atoms with Gasteiger partial charge in [0.2, 0.25) is 11.8 Å². The number of anilines is 2. The molecule has 0 saturated carbocycles. The van der Waals surface area contributed by atoms with Gasteiger partial charge in [-0.05, 0) is 48.7 Å². The zero-order valence-electron chi connectivity index (χ0n) is 16.3. The molecule has 0 radical (unpaired) electrons. The lowest BCUT2D eigenvalue weighted by molar-refractivity contribution is -0.122. The number of aromatic nitrogens is 3. The summed E-state index contributed by atoms with van der Waals surface area (Å²) >= 11 is 0. The van der Waals surface area contributed by atoms with Crippen LogP contribution in [-0.4, -0.2) is 33.1 Å². The molecule has 0 aliphatic carbocycles. The molecule has 0 atom stereocenters. The van der Waals surface area contributed by atoms with Crippen molar-refractivity contribution in [3.05, 3.63) is 60.6 Å². The maximum atomic E-state index is 12.6. The number of hydrogen-bond acceptors (Lipinski definition) is 4. The molecule has 148 valence electrons. The van der Waals surface area contributed by atoms with Crippen molar-refractivity contribution < 1.29 is 9.59 Å². The van der Waals surface area contributed by atoms with Gasteiger partial charge in [-0.1, -0.05) is 12.1 Å². The summed E-state index contributed by atoms with van der Waals surface area (Å²) in [6.45, 7) is 3.41. The Hall–Kier alpha value is -3.48. The third-order valence-corrected chi connectivity index (χ3v) is 4.96. The number of carbonyl (C=O) groups excluding carboxylic acids is 2. The van der Waals surface area contributed by atoms with Gasteiger partial charge in [0, 0.05) is 50.1 Å². The second kappa shape index (κ2) is 8.26. The van der Waals surface area contributed by atoms with Gasteiger partial charge in [-0.25, -0.2) is 4.68 Å². The minimum Gasteiger partial charge on any atom is -0.326 e. The first-order valence-electron chi connectivity index (χ1n) is 9.75. The van der Waals surface area contributed by atoms with Gasteiger partial charge >= 0.3 is 0 Å². The first-order valence-corrected chi connectivity index (χ1v) is 9.75. The van der Waals surface area contributed by atoms with E-state index in [4.69, 9.17) is 0 Å². The Morgan fingerprint density at radius 1 is 1.00 bits per heavy atom. The maximum Gasteiger partial charge on any atom is 0.228 e. The van der Waals surface area contributed by atoms with Crippen LogP contribution in [0.15, 0.2) is 54.9 Å². The third-order valence-electron chi connectivity index (χ3n) is 4.96. The Labute approximate surface area is 169 Å². The zero-order chi connectivity index (χ0) is 20.2. The van der Waals surface area contributed by atoms with E-state index in [0.717, 1.165) is 35.6 Å². The molecular weight excluding hydrogens is 366 g/mol. The molecule has 2 aromatic heterocycles. The van der Waals surface area contributed by atoms with Crippen LogP contribution in [0.1, 0.15) is 25.0 Å². The lowest BCUT2D eigenvalue weighted by atomic mass is 10.1. The fraction of sp³-hybridized carbons (Fsp3) is 0.273. The average Bonchev–Trinajstić information content (AvgIpc) is 3.13. The molecule has 1 aliphatic heterocycles. The van der Waals surface area contributed by atoms with Crippen LogP contribution in [-0.2, 0) is 16.1 Å². The summed E-state index contributed by atoms with van der Waals surface area (Å²) in [5.74, 6) is 0.608. The standard InChI is InChI=1S/C22H23N5O2/c1-16-15-21-26(13-2-14-27(21)25-16)22(29)8-7-20(28)24-19-5-3-17(4-6-19)18-9-11-23-12-10-18/h3-6,9-12,15H,2,7-8,13-14H2,1H3,(H,24,28). The minimum atomic E-state index is -0.170. The first-order chi connectivity index (χ1) is 14.1. The highest BCUT2D eigenvalue weighted by atomic mass is 16.2. The van der Waals surface area contributed by atoms with Crippen LogP contribution in [0, 0.1) is 6.92 Å². The van der Waals surface area contributed by atoms with Gasteiger partial charge in [0.1, 0.15) is 5.82 Å². The number of fused-ring (bicyclic) bond motifs is 1. The molecule has 7 nitrogen and oxygen atoms in total. The number of rotatable bonds is 5. The van der Waals surface area contributed by atoms with Crippen LogP contribution in [0.3, 0.4) is 0 Å². The molecule has 0 fully saturated rings. The van der Waals surface area contributed by atoms with Crippen molar-refractivity contribution in [1.29, 1.82) is 0 Å². The molecule has 1 aliphatic rings. The maximum absolute atomic E-state index is 12.6. The number of amides is 2. The van der Waals surface area contributed by atoms with Crippen molar-refractivity contribution in [2.75, 3.05) is 16.8 Å². The molecule has 0 saturated heterocycles. The van der Waals surface area contributed by atoms with E-state index in [9.17, 15) is 9.59 Å². The summed E-state index contributed by atoms with van der Waals surface area (Å²) in [6, 6.07) is 13.4. The number of pyridine rings is 1. The second-order valence-electron chi connectivity index (χ2n) is 7.13. The average molecular weight is 389 g/mol. The highest BCUT2D eigenvalue weighted by molar-refractivity contribution is 5.98.